The summed E-state index contributed by atoms with van der Waals surface area (Å²) in [5.41, 5.74) is 5.46. The third-order valence-corrected chi connectivity index (χ3v) is 4.52. The van der Waals surface area contributed by atoms with Crippen molar-refractivity contribution in [1.82, 2.24) is 14.7 Å². The van der Waals surface area contributed by atoms with E-state index in [0.29, 0.717) is 18.4 Å². The minimum atomic E-state index is 0.308. The highest BCUT2D eigenvalue weighted by Crippen LogP contribution is 2.23. The molecule has 1 fully saturated rings. The Morgan fingerprint density at radius 2 is 2.00 bits per heavy atom. The predicted molar refractivity (Wildman–Crippen MR) is 86.9 cm³/mol. The SMILES string of the molecule is NCCCCCCC(=O)N1CCC(n2cc(Br)cn2)CC1. The van der Waals surface area contributed by atoms with Gasteiger partial charge in [-0.1, -0.05) is 12.8 Å². The highest BCUT2D eigenvalue weighted by atomic mass is 79.9. The lowest BCUT2D eigenvalue weighted by atomic mass is 10.0. The van der Waals surface area contributed by atoms with Gasteiger partial charge in [-0.05, 0) is 48.2 Å². The van der Waals surface area contributed by atoms with Gasteiger partial charge in [-0.25, -0.2) is 0 Å². The van der Waals surface area contributed by atoms with Crippen molar-refractivity contribution in [3.63, 3.8) is 0 Å². The number of piperidine rings is 1. The molecule has 1 amide bonds. The molecule has 5 nitrogen and oxygen atoms in total. The molecular weight excluding hydrogens is 332 g/mol. The number of hydrogen-bond acceptors (Lipinski definition) is 3. The molecule has 0 aliphatic carbocycles. The molecule has 118 valence electrons. The van der Waals surface area contributed by atoms with E-state index in [9.17, 15) is 4.79 Å². The highest BCUT2D eigenvalue weighted by Gasteiger charge is 2.23. The summed E-state index contributed by atoms with van der Waals surface area (Å²) >= 11 is 3.42. The van der Waals surface area contributed by atoms with Crippen molar-refractivity contribution >= 4 is 21.8 Å². The fourth-order valence-corrected chi connectivity index (χ4v) is 3.13. The van der Waals surface area contributed by atoms with Gasteiger partial charge in [0.25, 0.3) is 0 Å². The van der Waals surface area contributed by atoms with E-state index in [1.165, 1.54) is 0 Å². The van der Waals surface area contributed by atoms with Crippen LogP contribution in [-0.2, 0) is 4.79 Å². The second kappa shape index (κ2) is 8.54. The van der Waals surface area contributed by atoms with Gasteiger partial charge in [0.05, 0.1) is 16.7 Å². The number of carbonyl (C=O) groups is 1. The lowest BCUT2D eigenvalue weighted by Gasteiger charge is -2.32. The maximum Gasteiger partial charge on any atom is 0.222 e. The van der Waals surface area contributed by atoms with E-state index in [0.717, 1.165) is 62.6 Å². The molecule has 1 aromatic heterocycles. The van der Waals surface area contributed by atoms with E-state index in [4.69, 9.17) is 5.73 Å². The summed E-state index contributed by atoms with van der Waals surface area (Å²) in [6.45, 7) is 2.46. The van der Waals surface area contributed by atoms with Gasteiger partial charge in [0.15, 0.2) is 0 Å². The first-order chi connectivity index (χ1) is 10.2. The van der Waals surface area contributed by atoms with Crippen molar-refractivity contribution in [2.24, 2.45) is 5.73 Å². The zero-order chi connectivity index (χ0) is 15.1. The van der Waals surface area contributed by atoms with E-state index in [-0.39, 0.29) is 0 Å². The molecule has 0 saturated carbocycles. The number of nitrogens with two attached hydrogens (primary N) is 1. The van der Waals surface area contributed by atoms with Crippen LogP contribution in [0.15, 0.2) is 16.9 Å². The molecule has 0 radical (unpaired) electrons. The minimum Gasteiger partial charge on any atom is -0.343 e. The molecule has 2 N–H and O–H groups in total. The van der Waals surface area contributed by atoms with Crippen LogP contribution in [0.2, 0.25) is 0 Å². The molecular formula is C15H25BrN4O. The summed E-state index contributed by atoms with van der Waals surface area (Å²) in [6, 6.07) is 0.421. The van der Waals surface area contributed by atoms with Crippen LogP contribution in [0.5, 0.6) is 0 Å². The van der Waals surface area contributed by atoms with Gasteiger partial charge in [0.1, 0.15) is 0 Å². The molecule has 1 aliphatic heterocycles. The second-order valence-electron chi connectivity index (χ2n) is 5.70. The van der Waals surface area contributed by atoms with Gasteiger partial charge in [-0.15, -0.1) is 0 Å². The monoisotopic (exact) mass is 356 g/mol. The Morgan fingerprint density at radius 1 is 1.29 bits per heavy atom. The summed E-state index contributed by atoms with van der Waals surface area (Å²) in [5.74, 6) is 0.308. The summed E-state index contributed by atoms with van der Waals surface area (Å²) in [5, 5.41) is 4.34. The van der Waals surface area contributed by atoms with Crippen LogP contribution >= 0.6 is 15.9 Å². The fourth-order valence-electron chi connectivity index (χ4n) is 2.83. The van der Waals surface area contributed by atoms with Gasteiger partial charge in [-0.2, -0.15) is 5.10 Å². The molecule has 0 spiro atoms. The Bertz CT molecular complexity index is 441. The molecule has 1 aliphatic rings. The molecule has 21 heavy (non-hydrogen) atoms. The number of unbranched alkanes of at least 4 members (excludes halogenated alkanes) is 3. The van der Waals surface area contributed by atoms with Crippen molar-refractivity contribution in [1.29, 1.82) is 0 Å². The van der Waals surface area contributed by atoms with Crippen molar-refractivity contribution in [2.75, 3.05) is 19.6 Å². The van der Waals surface area contributed by atoms with Crippen molar-refractivity contribution in [3.8, 4) is 0 Å². The Balaban J connectivity index is 1.67. The summed E-state index contributed by atoms with van der Waals surface area (Å²) in [6.07, 6.45) is 10.8. The topological polar surface area (TPSA) is 64.2 Å². The first-order valence-corrected chi connectivity index (χ1v) is 8.67. The second-order valence-corrected chi connectivity index (χ2v) is 6.62. The molecule has 6 heteroatoms. The molecule has 2 heterocycles. The third kappa shape index (κ3) is 5.11. The maximum atomic E-state index is 12.1. The van der Waals surface area contributed by atoms with Crippen LogP contribution in [0.4, 0.5) is 0 Å². The van der Waals surface area contributed by atoms with Gasteiger partial charge >= 0.3 is 0 Å². The Hall–Kier alpha value is -0.880. The quantitative estimate of drug-likeness (QED) is 0.763. The smallest absolute Gasteiger partial charge is 0.222 e. The van der Waals surface area contributed by atoms with Crippen molar-refractivity contribution in [2.45, 2.75) is 51.0 Å². The number of amides is 1. The molecule has 2 rings (SSSR count). The molecule has 0 bridgehead atoms. The van der Waals surface area contributed by atoms with Crippen LogP contribution < -0.4 is 5.73 Å². The molecule has 1 aromatic rings. The maximum absolute atomic E-state index is 12.1. The zero-order valence-corrected chi connectivity index (χ0v) is 14.1. The lowest BCUT2D eigenvalue weighted by molar-refractivity contribution is -0.132. The Morgan fingerprint density at radius 3 is 2.62 bits per heavy atom. The first-order valence-electron chi connectivity index (χ1n) is 7.88. The van der Waals surface area contributed by atoms with Crippen LogP contribution in [0, 0.1) is 0 Å². The van der Waals surface area contributed by atoms with Crippen LogP contribution in [0.1, 0.15) is 51.0 Å². The molecule has 0 atom stereocenters. The lowest BCUT2D eigenvalue weighted by Crippen LogP contribution is -2.39. The number of hydrogen-bond donors (Lipinski definition) is 1. The van der Waals surface area contributed by atoms with E-state index in [2.05, 4.69) is 21.0 Å². The zero-order valence-electron chi connectivity index (χ0n) is 12.5. The van der Waals surface area contributed by atoms with E-state index >= 15 is 0 Å². The van der Waals surface area contributed by atoms with Gasteiger partial charge < -0.3 is 10.6 Å². The summed E-state index contributed by atoms with van der Waals surface area (Å²) in [7, 11) is 0. The standard InChI is InChI=1S/C15H25BrN4O/c16-13-11-18-20(12-13)14-6-9-19(10-7-14)15(21)5-3-1-2-4-8-17/h11-12,14H,1-10,17H2. The van der Waals surface area contributed by atoms with Crippen molar-refractivity contribution in [3.05, 3.63) is 16.9 Å². The average Bonchev–Trinajstić information content (AvgIpc) is 2.93. The molecule has 0 unspecified atom stereocenters. The van der Waals surface area contributed by atoms with E-state index in [1.807, 2.05) is 22.0 Å². The number of likely N-dealkylation sites (tertiary alicyclic amines) is 1. The van der Waals surface area contributed by atoms with Gasteiger partial charge in [0, 0.05) is 25.7 Å². The van der Waals surface area contributed by atoms with E-state index < -0.39 is 0 Å². The average molecular weight is 357 g/mol. The summed E-state index contributed by atoms with van der Waals surface area (Å²) in [4.78, 5) is 14.2. The normalized spacial score (nSPS) is 16.4. The van der Waals surface area contributed by atoms with Gasteiger partial charge in [-0.3, -0.25) is 9.48 Å². The first kappa shape index (κ1) is 16.5. The van der Waals surface area contributed by atoms with Crippen LogP contribution in [-0.4, -0.2) is 40.2 Å². The van der Waals surface area contributed by atoms with Crippen LogP contribution in [0.25, 0.3) is 0 Å². The fraction of sp³-hybridized carbons (Fsp3) is 0.733. The Labute approximate surface area is 135 Å². The Kier molecular flexibility index (Phi) is 6.70. The van der Waals surface area contributed by atoms with E-state index in [1.54, 1.807) is 0 Å². The summed E-state index contributed by atoms with van der Waals surface area (Å²) < 4.78 is 3.03. The number of halogens is 1. The molecule has 1 saturated heterocycles. The van der Waals surface area contributed by atoms with Crippen molar-refractivity contribution < 1.29 is 4.79 Å². The minimum absolute atomic E-state index is 0.308. The highest BCUT2D eigenvalue weighted by molar-refractivity contribution is 9.10. The van der Waals surface area contributed by atoms with Gasteiger partial charge in [0.2, 0.25) is 5.91 Å². The number of aromatic nitrogens is 2. The number of carbonyl (C=O) groups excluding carboxylic acids is 1. The van der Waals surface area contributed by atoms with Crippen LogP contribution in [0.3, 0.4) is 0 Å². The third-order valence-electron chi connectivity index (χ3n) is 4.11. The largest absolute Gasteiger partial charge is 0.343 e. The number of rotatable bonds is 7. The number of nitrogens with zero attached hydrogens (tertiary/aromatic N) is 3. The predicted octanol–water partition coefficient (Wildman–Crippen LogP) is 2.72. The molecule has 0 aromatic carbocycles.